The average Bonchev–Trinajstić information content (AvgIpc) is 2.38. The van der Waals surface area contributed by atoms with E-state index in [4.69, 9.17) is 5.11 Å². The maximum Gasteiger partial charge on any atom is 0.306 e. The zero-order valence-corrected chi connectivity index (χ0v) is 11.8. The predicted octanol–water partition coefficient (Wildman–Crippen LogP) is 3.18. The summed E-state index contributed by atoms with van der Waals surface area (Å²) >= 11 is 3.42. The van der Waals surface area contributed by atoms with Gasteiger partial charge in [0, 0.05) is 17.1 Å². The topological polar surface area (TPSA) is 49.3 Å². The standard InChI is InChI=1S/C14H18BrNO2/c15-12-5-1-10(2-6-12)9-16-13-7-3-11(4-8-13)14(17)18/h1-2,5-6,11,13,16H,3-4,7-9H2,(H,17,18). The van der Waals surface area contributed by atoms with Crippen LogP contribution >= 0.6 is 15.9 Å². The first kappa shape index (κ1) is 13.6. The Bertz CT molecular complexity index is 397. The van der Waals surface area contributed by atoms with Gasteiger partial charge in [0.2, 0.25) is 0 Å². The first-order valence-corrected chi connectivity index (χ1v) is 7.15. The SMILES string of the molecule is O=C(O)C1CCC(NCc2ccc(Br)cc2)CC1. The molecule has 3 nitrogen and oxygen atoms in total. The molecule has 0 radical (unpaired) electrons. The number of carboxylic acid groups (broad SMARTS) is 1. The highest BCUT2D eigenvalue weighted by Gasteiger charge is 2.25. The average molecular weight is 312 g/mol. The largest absolute Gasteiger partial charge is 0.481 e. The van der Waals surface area contributed by atoms with Gasteiger partial charge in [0.05, 0.1) is 5.92 Å². The Morgan fingerprint density at radius 1 is 1.22 bits per heavy atom. The van der Waals surface area contributed by atoms with Gasteiger partial charge in [-0.25, -0.2) is 0 Å². The fraction of sp³-hybridized carbons (Fsp3) is 0.500. The van der Waals surface area contributed by atoms with E-state index in [2.05, 4.69) is 33.4 Å². The van der Waals surface area contributed by atoms with Crippen molar-refractivity contribution >= 4 is 21.9 Å². The third-order valence-electron chi connectivity index (χ3n) is 3.58. The number of rotatable bonds is 4. The molecule has 1 fully saturated rings. The summed E-state index contributed by atoms with van der Waals surface area (Å²) in [5, 5.41) is 12.4. The zero-order chi connectivity index (χ0) is 13.0. The van der Waals surface area contributed by atoms with E-state index in [1.165, 1.54) is 5.56 Å². The number of aliphatic carboxylic acids is 1. The van der Waals surface area contributed by atoms with Crippen molar-refractivity contribution in [3.05, 3.63) is 34.3 Å². The second-order valence-corrected chi connectivity index (χ2v) is 5.81. The van der Waals surface area contributed by atoms with Gasteiger partial charge < -0.3 is 10.4 Å². The van der Waals surface area contributed by atoms with E-state index < -0.39 is 5.97 Å². The minimum Gasteiger partial charge on any atom is -0.481 e. The van der Waals surface area contributed by atoms with Gasteiger partial charge in [-0.1, -0.05) is 28.1 Å². The minimum atomic E-state index is -0.638. The molecule has 0 aliphatic heterocycles. The summed E-state index contributed by atoms with van der Waals surface area (Å²) < 4.78 is 1.09. The molecule has 0 aromatic heterocycles. The van der Waals surface area contributed by atoms with Gasteiger partial charge in [-0.2, -0.15) is 0 Å². The highest BCUT2D eigenvalue weighted by molar-refractivity contribution is 9.10. The summed E-state index contributed by atoms with van der Waals surface area (Å²) in [6, 6.07) is 8.74. The molecule has 0 amide bonds. The monoisotopic (exact) mass is 311 g/mol. The summed E-state index contributed by atoms with van der Waals surface area (Å²) in [6.45, 7) is 0.857. The van der Waals surface area contributed by atoms with E-state index in [0.29, 0.717) is 6.04 Å². The fourth-order valence-electron chi connectivity index (χ4n) is 2.41. The Kier molecular flexibility index (Phi) is 4.78. The Labute approximate surface area is 116 Å². The van der Waals surface area contributed by atoms with Crippen molar-refractivity contribution in [3.8, 4) is 0 Å². The number of halogens is 1. The lowest BCUT2D eigenvalue weighted by Gasteiger charge is -2.27. The van der Waals surface area contributed by atoms with Crippen LogP contribution in [0.2, 0.25) is 0 Å². The Balaban J connectivity index is 1.75. The number of hydrogen-bond acceptors (Lipinski definition) is 2. The van der Waals surface area contributed by atoms with Crippen LogP contribution in [-0.2, 0) is 11.3 Å². The van der Waals surface area contributed by atoms with Crippen LogP contribution in [0.5, 0.6) is 0 Å². The van der Waals surface area contributed by atoms with Gasteiger partial charge in [0.15, 0.2) is 0 Å². The van der Waals surface area contributed by atoms with Crippen molar-refractivity contribution in [2.24, 2.45) is 5.92 Å². The molecule has 1 aliphatic carbocycles. The van der Waals surface area contributed by atoms with Gasteiger partial charge in [-0.15, -0.1) is 0 Å². The molecule has 0 atom stereocenters. The molecule has 1 saturated carbocycles. The zero-order valence-electron chi connectivity index (χ0n) is 10.2. The Morgan fingerprint density at radius 2 is 1.83 bits per heavy atom. The third-order valence-corrected chi connectivity index (χ3v) is 4.11. The molecule has 98 valence electrons. The highest BCUT2D eigenvalue weighted by Crippen LogP contribution is 2.24. The maximum absolute atomic E-state index is 10.8. The van der Waals surface area contributed by atoms with Crippen LogP contribution in [0, 0.1) is 5.92 Å². The van der Waals surface area contributed by atoms with E-state index in [0.717, 1.165) is 36.7 Å². The van der Waals surface area contributed by atoms with Gasteiger partial charge >= 0.3 is 5.97 Å². The van der Waals surface area contributed by atoms with Crippen molar-refractivity contribution in [1.29, 1.82) is 0 Å². The van der Waals surface area contributed by atoms with E-state index in [9.17, 15) is 4.79 Å². The van der Waals surface area contributed by atoms with Crippen molar-refractivity contribution in [2.75, 3.05) is 0 Å². The predicted molar refractivity (Wildman–Crippen MR) is 74.4 cm³/mol. The lowest BCUT2D eigenvalue weighted by Crippen LogP contribution is -2.34. The molecule has 0 heterocycles. The lowest BCUT2D eigenvalue weighted by atomic mass is 9.86. The fourth-order valence-corrected chi connectivity index (χ4v) is 2.67. The number of carboxylic acids is 1. The van der Waals surface area contributed by atoms with Crippen LogP contribution < -0.4 is 5.32 Å². The molecule has 2 rings (SSSR count). The van der Waals surface area contributed by atoms with Gasteiger partial charge in [0.25, 0.3) is 0 Å². The Morgan fingerprint density at radius 3 is 2.39 bits per heavy atom. The van der Waals surface area contributed by atoms with Crippen molar-refractivity contribution in [2.45, 2.75) is 38.3 Å². The number of benzene rings is 1. The van der Waals surface area contributed by atoms with Crippen LogP contribution in [0.3, 0.4) is 0 Å². The number of hydrogen-bond donors (Lipinski definition) is 2. The van der Waals surface area contributed by atoms with Crippen molar-refractivity contribution in [3.63, 3.8) is 0 Å². The van der Waals surface area contributed by atoms with Gasteiger partial charge in [-0.3, -0.25) is 4.79 Å². The molecule has 2 N–H and O–H groups in total. The van der Waals surface area contributed by atoms with Crippen LogP contribution in [-0.4, -0.2) is 17.1 Å². The molecule has 18 heavy (non-hydrogen) atoms. The number of carbonyl (C=O) groups is 1. The third kappa shape index (κ3) is 3.82. The molecule has 1 aromatic rings. The van der Waals surface area contributed by atoms with E-state index in [1.54, 1.807) is 0 Å². The summed E-state index contributed by atoms with van der Waals surface area (Å²) in [7, 11) is 0. The van der Waals surface area contributed by atoms with Gasteiger partial charge in [-0.05, 0) is 43.4 Å². The first-order valence-electron chi connectivity index (χ1n) is 6.36. The second-order valence-electron chi connectivity index (χ2n) is 4.89. The molecule has 1 aliphatic rings. The smallest absolute Gasteiger partial charge is 0.306 e. The Hall–Kier alpha value is -0.870. The minimum absolute atomic E-state index is 0.129. The molecule has 1 aromatic carbocycles. The molecular weight excluding hydrogens is 294 g/mol. The van der Waals surface area contributed by atoms with E-state index in [1.807, 2.05) is 12.1 Å². The maximum atomic E-state index is 10.8. The van der Waals surface area contributed by atoms with Crippen molar-refractivity contribution in [1.82, 2.24) is 5.32 Å². The van der Waals surface area contributed by atoms with Crippen molar-refractivity contribution < 1.29 is 9.90 Å². The molecule has 0 bridgehead atoms. The molecule has 0 unspecified atom stereocenters. The van der Waals surface area contributed by atoms with Crippen LogP contribution in [0.4, 0.5) is 0 Å². The molecule has 4 heteroatoms. The van der Waals surface area contributed by atoms with Crippen LogP contribution in [0.25, 0.3) is 0 Å². The molecule has 0 spiro atoms. The van der Waals surface area contributed by atoms with E-state index in [-0.39, 0.29) is 5.92 Å². The summed E-state index contributed by atoms with van der Waals surface area (Å²) in [5.41, 5.74) is 1.26. The summed E-state index contributed by atoms with van der Waals surface area (Å²) in [4.78, 5) is 10.8. The van der Waals surface area contributed by atoms with Crippen LogP contribution in [0.1, 0.15) is 31.2 Å². The quantitative estimate of drug-likeness (QED) is 0.898. The van der Waals surface area contributed by atoms with Crippen LogP contribution in [0.15, 0.2) is 28.7 Å². The lowest BCUT2D eigenvalue weighted by molar-refractivity contribution is -0.142. The number of nitrogens with one attached hydrogen (secondary N) is 1. The van der Waals surface area contributed by atoms with E-state index >= 15 is 0 Å². The highest BCUT2D eigenvalue weighted by atomic mass is 79.9. The molecular formula is C14H18BrNO2. The summed E-state index contributed by atoms with van der Waals surface area (Å²) in [6.07, 6.45) is 3.53. The summed E-state index contributed by atoms with van der Waals surface area (Å²) in [5.74, 6) is -0.767. The first-order chi connectivity index (χ1) is 8.65. The van der Waals surface area contributed by atoms with Gasteiger partial charge in [0.1, 0.15) is 0 Å². The normalized spacial score (nSPS) is 23.8. The second kappa shape index (κ2) is 6.34. The molecule has 0 saturated heterocycles.